The molecular formula is C19H13N3OS2. The first-order chi connectivity index (χ1) is 12.3. The van der Waals surface area contributed by atoms with Gasteiger partial charge in [0.15, 0.2) is 0 Å². The van der Waals surface area contributed by atoms with Gasteiger partial charge in [-0.05, 0) is 35.0 Å². The van der Waals surface area contributed by atoms with Crippen LogP contribution in [0.15, 0.2) is 70.5 Å². The van der Waals surface area contributed by atoms with Crippen LogP contribution in [-0.4, -0.2) is 17.1 Å². The number of rotatable bonds is 4. The summed E-state index contributed by atoms with van der Waals surface area (Å²) >= 11 is 3.16. The fourth-order valence-electron chi connectivity index (χ4n) is 2.49. The Morgan fingerprint density at radius 2 is 1.88 bits per heavy atom. The summed E-state index contributed by atoms with van der Waals surface area (Å²) in [6.07, 6.45) is 1.64. The van der Waals surface area contributed by atoms with E-state index < -0.39 is 0 Å². The largest absolute Gasteiger partial charge is 0.272 e. The van der Waals surface area contributed by atoms with Crippen molar-refractivity contribution in [2.45, 2.75) is 0 Å². The Hall–Kier alpha value is -2.83. The van der Waals surface area contributed by atoms with Crippen molar-refractivity contribution >= 4 is 45.7 Å². The maximum atomic E-state index is 12.7. The second kappa shape index (κ2) is 6.96. The molecule has 0 aliphatic rings. The summed E-state index contributed by atoms with van der Waals surface area (Å²) in [6, 6.07) is 17.3. The van der Waals surface area contributed by atoms with Crippen LogP contribution in [0.4, 0.5) is 0 Å². The van der Waals surface area contributed by atoms with E-state index in [9.17, 15) is 4.79 Å². The van der Waals surface area contributed by atoms with Gasteiger partial charge < -0.3 is 0 Å². The Balaban J connectivity index is 1.70. The maximum Gasteiger partial charge on any atom is 0.272 e. The summed E-state index contributed by atoms with van der Waals surface area (Å²) in [5.41, 5.74) is 4.77. The van der Waals surface area contributed by atoms with Crippen LogP contribution >= 0.6 is 22.7 Å². The van der Waals surface area contributed by atoms with E-state index in [0.717, 1.165) is 26.4 Å². The average Bonchev–Trinajstić information content (AvgIpc) is 3.34. The lowest BCUT2D eigenvalue weighted by Crippen LogP contribution is -2.18. The number of nitrogens with zero attached hydrogens (tertiary/aromatic N) is 2. The van der Waals surface area contributed by atoms with Gasteiger partial charge in [-0.15, -0.1) is 22.7 Å². The van der Waals surface area contributed by atoms with E-state index >= 15 is 0 Å². The van der Waals surface area contributed by atoms with Gasteiger partial charge in [-0.2, -0.15) is 5.10 Å². The van der Waals surface area contributed by atoms with Crippen LogP contribution in [0.5, 0.6) is 0 Å². The smallest absolute Gasteiger partial charge is 0.267 e. The Bertz CT molecular complexity index is 1040. The Labute approximate surface area is 152 Å². The third kappa shape index (κ3) is 3.35. The fourth-order valence-corrected chi connectivity index (χ4v) is 3.76. The van der Waals surface area contributed by atoms with Crippen LogP contribution in [0.2, 0.25) is 0 Å². The first-order valence-corrected chi connectivity index (χ1v) is 9.38. The Morgan fingerprint density at radius 1 is 1.04 bits per heavy atom. The van der Waals surface area contributed by atoms with Crippen LogP contribution in [0.3, 0.4) is 0 Å². The summed E-state index contributed by atoms with van der Waals surface area (Å²) in [5.74, 6) is -0.246. The van der Waals surface area contributed by atoms with Gasteiger partial charge >= 0.3 is 0 Å². The number of aromatic nitrogens is 1. The van der Waals surface area contributed by atoms with Crippen LogP contribution in [0.1, 0.15) is 15.2 Å². The predicted molar refractivity (Wildman–Crippen MR) is 104 cm³/mol. The summed E-state index contributed by atoms with van der Waals surface area (Å²) in [4.78, 5) is 19.4. The number of hydrogen-bond acceptors (Lipinski definition) is 5. The van der Waals surface area contributed by atoms with Gasteiger partial charge in [-0.1, -0.05) is 30.3 Å². The molecule has 6 heteroatoms. The van der Waals surface area contributed by atoms with E-state index in [4.69, 9.17) is 0 Å². The number of carbonyl (C=O) groups excluding carboxylic acids is 1. The number of carbonyl (C=O) groups is 1. The molecule has 0 radical (unpaired) electrons. The van der Waals surface area contributed by atoms with Crippen molar-refractivity contribution in [3.8, 4) is 10.6 Å². The summed E-state index contributed by atoms with van der Waals surface area (Å²) in [7, 11) is 0. The van der Waals surface area contributed by atoms with Gasteiger partial charge in [-0.25, -0.2) is 10.4 Å². The summed E-state index contributed by atoms with van der Waals surface area (Å²) in [5, 5.41) is 8.83. The SMILES string of the molecule is O=C(N/N=C/c1cccs1)c1cc(-c2cccs2)nc2ccccc12. The molecule has 0 atom stereocenters. The van der Waals surface area contributed by atoms with Crippen molar-refractivity contribution < 1.29 is 4.79 Å². The molecule has 0 bridgehead atoms. The molecule has 4 nitrogen and oxygen atoms in total. The minimum absolute atomic E-state index is 0.246. The molecule has 0 saturated heterocycles. The van der Waals surface area contributed by atoms with Gasteiger partial charge in [-0.3, -0.25) is 4.79 Å². The molecule has 1 aromatic carbocycles. The number of para-hydroxylation sites is 1. The lowest BCUT2D eigenvalue weighted by molar-refractivity contribution is 0.0957. The number of thiophene rings is 2. The number of hydrazone groups is 1. The van der Waals surface area contributed by atoms with Crippen LogP contribution in [0, 0.1) is 0 Å². The lowest BCUT2D eigenvalue weighted by atomic mass is 10.1. The van der Waals surface area contributed by atoms with Crippen molar-refractivity contribution in [3.05, 3.63) is 75.8 Å². The number of nitrogens with one attached hydrogen (secondary N) is 1. The van der Waals surface area contributed by atoms with Crippen molar-refractivity contribution in [1.82, 2.24) is 10.4 Å². The van der Waals surface area contributed by atoms with E-state index in [1.165, 1.54) is 0 Å². The predicted octanol–water partition coefficient (Wildman–Crippen LogP) is 4.79. The standard InChI is InChI=1S/C19H13N3OS2/c23-19(22-20-12-13-5-3-9-24-13)15-11-17(18-8-4-10-25-18)21-16-7-2-1-6-14(15)16/h1-12H,(H,22,23)/b20-12+. The maximum absolute atomic E-state index is 12.7. The van der Waals surface area contributed by atoms with E-state index in [1.807, 2.05) is 65.4 Å². The minimum atomic E-state index is -0.246. The van der Waals surface area contributed by atoms with Gasteiger partial charge in [0.25, 0.3) is 5.91 Å². The monoisotopic (exact) mass is 363 g/mol. The zero-order valence-electron chi connectivity index (χ0n) is 13.0. The lowest BCUT2D eigenvalue weighted by Gasteiger charge is -2.07. The molecule has 1 amide bonds. The summed E-state index contributed by atoms with van der Waals surface area (Å²) in [6.45, 7) is 0. The van der Waals surface area contributed by atoms with Crippen molar-refractivity contribution in [1.29, 1.82) is 0 Å². The third-order valence-electron chi connectivity index (χ3n) is 3.64. The number of amides is 1. The topological polar surface area (TPSA) is 54.4 Å². The number of pyridine rings is 1. The third-order valence-corrected chi connectivity index (χ3v) is 5.33. The molecule has 25 heavy (non-hydrogen) atoms. The van der Waals surface area contributed by atoms with Gasteiger partial charge in [0.1, 0.15) is 0 Å². The molecule has 0 fully saturated rings. The molecule has 0 aliphatic heterocycles. The van der Waals surface area contributed by atoms with E-state index in [0.29, 0.717) is 5.56 Å². The fraction of sp³-hybridized carbons (Fsp3) is 0. The molecule has 122 valence electrons. The van der Waals surface area contributed by atoms with Crippen LogP contribution in [0.25, 0.3) is 21.5 Å². The van der Waals surface area contributed by atoms with E-state index in [-0.39, 0.29) is 5.91 Å². The number of benzene rings is 1. The quantitative estimate of drug-likeness (QED) is 0.419. The first kappa shape index (κ1) is 15.7. The Morgan fingerprint density at radius 3 is 2.68 bits per heavy atom. The molecule has 1 N–H and O–H groups in total. The molecular weight excluding hydrogens is 350 g/mol. The van der Waals surface area contributed by atoms with Crippen LogP contribution < -0.4 is 5.43 Å². The molecule has 0 aliphatic carbocycles. The zero-order chi connectivity index (χ0) is 17.1. The molecule has 4 aromatic rings. The normalized spacial score (nSPS) is 11.2. The first-order valence-electron chi connectivity index (χ1n) is 7.62. The second-order valence-corrected chi connectivity index (χ2v) is 7.19. The number of hydrogen-bond donors (Lipinski definition) is 1. The van der Waals surface area contributed by atoms with Crippen LogP contribution in [-0.2, 0) is 0 Å². The highest BCUT2D eigenvalue weighted by molar-refractivity contribution is 7.13. The molecule has 3 aromatic heterocycles. The highest BCUT2D eigenvalue weighted by atomic mass is 32.1. The minimum Gasteiger partial charge on any atom is -0.267 e. The zero-order valence-corrected chi connectivity index (χ0v) is 14.7. The molecule has 0 spiro atoms. The van der Waals surface area contributed by atoms with E-state index in [2.05, 4.69) is 15.5 Å². The molecule has 4 rings (SSSR count). The van der Waals surface area contributed by atoms with Gasteiger partial charge in [0, 0.05) is 10.3 Å². The molecule has 3 heterocycles. The summed E-state index contributed by atoms with van der Waals surface area (Å²) < 4.78 is 0. The Kier molecular flexibility index (Phi) is 4.37. The van der Waals surface area contributed by atoms with Crippen molar-refractivity contribution in [3.63, 3.8) is 0 Å². The molecule has 0 unspecified atom stereocenters. The number of fused-ring (bicyclic) bond motifs is 1. The van der Waals surface area contributed by atoms with Gasteiger partial charge in [0.2, 0.25) is 0 Å². The van der Waals surface area contributed by atoms with Crippen molar-refractivity contribution in [2.75, 3.05) is 0 Å². The highest BCUT2D eigenvalue weighted by Gasteiger charge is 2.13. The average molecular weight is 363 g/mol. The molecule has 0 saturated carbocycles. The van der Waals surface area contributed by atoms with E-state index in [1.54, 1.807) is 28.9 Å². The second-order valence-electron chi connectivity index (χ2n) is 5.26. The highest BCUT2D eigenvalue weighted by Crippen LogP contribution is 2.27. The van der Waals surface area contributed by atoms with Gasteiger partial charge in [0.05, 0.1) is 27.9 Å². The van der Waals surface area contributed by atoms with Crippen molar-refractivity contribution in [2.24, 2.45) is 5.10 Å².